The van der Waals surface area contributed by atoms with Gasteiger partial charge in [-0.15, -0.1) is 0 Å². The van der Waals surface area contributed by atoms with E-state index in [0.717, 1.165) is 22.4 Å². The van der Waals surface area contributed by atoms with Crippen LogP contribution in [-0.4, -0.2) is 29.7 Å². The third-order valence-corrected chi connectivity index (χ3v) is 3.49. The second kappa shape index (κ2) is 6.64. The molecule has 23 heavy (non-hydrogen) atoms. The first-order chi connectivity index (χ1) is 10.8. The minimum Gasteiger partial charge on any atom is -0.469 e. The van der Waals surface area contributed by atoms with Crippen molar-refractivity contribution < 1.29 is 14.3 Å². The van der Waals surface area contributed by atoms with Crippen LogP contribution in [0.25, 0.3) is 11.1 Å². The van der Waals surface area contributed by atoms with Crippen LogP contribution in [0, 0.1) is 12.3 Å². The quantitative estimate of drug-likeness (QED) is 0.674. The van der Waals surface area contributed by atoms with Crippen molar-refractivity contribution in [3.63, 3.8) is 0 Å². The zero-order valence-corrected chi connectivity index (χ0v) is 13.8. The topological polar surface area (TPSA) is 87.3 Å². The molecule has 0 unspecified atom stereocenters. The van der Waals surface area contributed by atoms with Gasteiger partial charge in [0.2, 0.25) is 0 Å². The van der Waals surface area contributed by atoms with Crippen molar-refractivity contribution in [1.82, 2.24) is 9.97 Å². The number of hydrogen-bond acceptors (Lipinski definition) is 6. The molecule has 2 aromatic rings. The van der Waals surface area contributed by atoms with E-state index >= 15 is 0 Å². The molecular weight excluding hydrogens is 294 g/mol. The van der Waals surface area contributed by atoms with Crippen LogP contribution in [0.1, 0.15) is 19.4 Å². The van der Waals surface area contributed by atoms with E-state index in [1.165, 1.54) is 7.11 Å². The van der Waals surface area contributed by atoms with Crippen molar-refractivity contribution in [1.29, 1.82) is 0 Å². The summed E-state index contributed by atoms with van der Waals surface area (Å²) in [4.78, 5) is 20.0. The largest absolute Gasteiger partial charge is 0.469 e. The molecule has 0 saturated heterocycles. The molecule has 2 rings (SSSR count). The summed E-state index contributed by atoms with van der Waals surface area (Å²) < 4.78 is 10.2. The first kappa shape index (κ1) is 16.7. The maximum atomic E-state index is 11.6. The highest BCUT2D eigenvalue weighted by Gasteiger charge is 2.30. The van der Waals surface area contributed by atoms with E-state index in [0.29, 0.717) is 0 Å². The van der Waals surface area contributed by atoms with E-state index in [1.807, 2.05) is 25.1 Å². The molecule has 0 bridgehead atoms. The summed E-state index contributed by atoms with van der Waals surface area (Å²) in [6.45, 7) is 5.60. The summed E-state index contributed by atoms with van der Waals surface area (Å²) in [7, 11) is 1.35. The van der Waals surface area contributed by atoms with Crippen LogP contribution < -0.4 is 10.5 Å². The Morgan fingerprint density at radius 1 is 1.26 bits per heavy atom. The van der Waals surface area contributed by atoms with Crippen LogP contribution >= 0.6 is 0 Å². The number of nitrogens with two attached hydrogens (primary N) is 1. The first-order valence-corrected chi connectivity index (χ1v) is 7.23. The van der Waals surface area contributed by atoms with Crippen molar-refractivity contribution >= 4 is 11.7 Å². The highest BCUT2D eigenvalue weighted by molar-refractivity contribution is 5.75. The molecule has 0 aliphatic heterocycles. The second-order valence-electron chi connectivity index (χ2n) is 5.99. The Morgan fingerprint density at radius 2 is 1.91 bits per heavy atom. The lowest BCUT2D eigenvalue weighted by Gasteiger charge is -2.20. The van der Waals surface area contributed by atoms with E-state index in [-0.39, 0.29) is 18.6 Å². The molecule has 0 fully saturated rings. The molecule has 2 N–H and O–H groups in total. The molecule has 1 aromatic carbocycles. The minimum atomic E-state index is -0.760. The summed E-state index contributed by atoms with van der Waals surface area (Å²) in [5.74, 6) is -0.341. The third-order valence-electron chi connectivity index (χ3n) is 3.49. The zero-order valence-electron chi connectivity index (χ0n) is 13.8. The predicted molar refractivity (Wildman–Crippen MR) is 87.9 cm³/mol. The molecule has 1 aromatic heterocycles. The predicted octanol–water partition coefficient (Wildman–Crippen LogP) is 2.61. The number of hydrogen-bond donors (Lipinski definition) is 1. The zero-order chi connectivity index (χ0) is 17.0. The van der Waals surface area contributed by atoms with Crippen LogP contribution in [0.2, 0.25) is 0 Å². The van der Waals surface area contributed by atoms with Crippen molar-refractivity contribution in [3.8, 4) is 17.1 Å². The maximum absolute atomic E-state index is 11.6. The monoisotopic (exact) mass is 315 g/mol. The van der Waals surface area contributed by atoms with Gasteiger partial charge in [-0.2, -0.15) is 0 Å². The van der Waals surface area contributed by atoms with Gasteiger partial charge in [0.25, 0.3) is 0 Å². The van der Waals surface area contributed by atoms with Crippen molar-refractivity contribution in [3.05, 3.63) is 36.2 Å². The number of carbonyl (C=O) groups is 1. The second-order valence-corrected chi connectivity index (χ2v) is 5.99. The van der Waals surface area contributed by atoms with E-state index < -0.39 is 5.41 Å². The summed E-state index contributed by atoms with van der Waals surface area (Å²) in [5.41, 5.74) is 8.66. The molecule has 0 radical (unpaired) electrons. The molecule has 122 valence electrons. The molecule has 0 spiro atoms. The lowest BCUT2D eigenvalue weighted by atomic mass is 9.95. The van der Waals surface area contributed by atoms with Gasteiger partial charge in [-0.1, -0.05) is 6.07 Å². The van der Waals surface area contributed by atoms with Crippen molar-refractivity contribution in [2.24, 2.45) is 5.41 Å². The average molecular weight is 315 g/mol. The number of rotatable bonds is 5. The fourth-order valence-electron chi connectivity index (χ4n) is 2.12. The molecule has 0 aliphatic carbocycles. The normalized spacial score (nSPS) is 11.1. The van der Waals surface area contributed by atoms with E-state index in [2.05, 4.69) is 9.97 Å². The molecule has 6 nitrogen and oxygen atoms in total. The Labute approximate surface area is 135 Å². The van der Waals surface area contributed by atoms with Crippen LogP contribution in [0.3, 0.4) is 0 Å². The number of aryl methyl sites for hydroxylation is 1. The molecule has 0 atom stereocenters. The third kappa shape index (κ3) is 3.97. The Bertz CT molecular complexity index is 697. The van der Waals surface area contributed by atoms with E-state index in [9.17, 15) is 4.79 Å². The van der Waals surface area contributed by atoms with Crippen molar-refractivity contribution in [2.75, 3.05) is 19.5 Å². The molecule has 0 saturated carbocycles. The van der Waals surface area contributed by atoms with E-state index in [4.69, 9.17) is 15.2 Å². The number of benzene rings is 1. The van der Waals surface area contributed by atoms with Gasteiger partial charge in [0, 0.05) is 23.6 Å². The molecule has 1 heterocycles. The van der Waals surface area contributed by atoms with Crippen LogP contribution in [0.5, 0.6) is 6.01 Å². The molecular formula is C17H21N3O3. The smallest absolute Gasteiger partial charge is 0.316 e. The number of esters is 1. The van der Waals surface area contributed by atoms with Crippen LogP contribution in [-0.2, 0) is 9.53 Å². The Kier molecular flexibility index (Phi) is 4.83. The fourth-order valence-corrected chi connectivity index (χ4v) is 2.12. The SMILES string of the molecule is COC(=O)C(C)(C)COc1ncc(-c2ccc(N)cc2C)cn1. The Hall–Kier alpha value is -2.63. The summed E-state index contributed by atoms with van der Waals surface area (Å²) in [5, 5.41) is 0. The highest BCUT2D eigenvalue weighted by atomic mass is 16.5. The van der Waals surface area contributed by atoms with Gasteiger partial charge in [0.15, 0.2) is 0 Å². The number of carbonyl (C=O) groups excluding carboxylic acids is 1. The maximum Gasteiger partial charge on any atom is 0.316 e. The van der Waals surface area contributed by atoms with Crippen molar-refractivity contribution in [2.45, 2.75) is 20.8 Å². The van der Waals surface area contributed by atoms with Gasteiger partial charge in [-0.05, 0) is 44.0 Å². The van der Waals surface area contributed by atoms with Gasteiger partial charge < -0.3 is 15.2 Å². The lowest BCUT2D eigenvalue weighted by molar-refractivity contribution is -0.152. The Balaban J connectivity index is 2.09. The summed E-state index contributed by atoms with van der Waals surface area (Å²) >= 11 is 0. The fraction of sp³-hybridized carbons (Fsp3) is 0.353. The molecule has 6 heteroatoms. The Morgan fingerprint density at radius 3 is 2.48 bits per heavy atom. The number of ether oxygens (including phenoxy) is 2. The number of anilines is 1. The number of nitrogens with zero attached hydrogens (tertiary/aromatic N) is 2. The standard InChI is InChI=1S/C17H21N3O3/c1-11-7-13(18)5-6-14(11)12-8-19-16(20-9-12)23-10-17(2,3)15(21)22-4/h5-9H,10,18H2,1-4H3. The van der Waals surface area contributed by atoms with Crippen LogP contribution in [0.15, 0.2) is 30.6 Å². The number of nitrogen functional groups attached to an aromatic ring is 1. The molecule has 0 amide bonds. The molecule has 0 aliphatic rings. The minimum absolute atomic E-state index is 0.139. The van der Waals surface area contributed by atoms with Gasteiger partial charge in [-0.25, -0.2) is 9.97 Å². The lowest BCUT2D eigenvalue weighted by Crippen LogP contribution is -2.32. The summed E-state index contributed by atoms with van der Waals surface area (Å²) in [6.07, 6.45) is 3.37. The highest BCUT2D eigenvalue weighted by Crippen LogP contribution is 2.25. The van der Waals surface area contributed by atoms with Gasteiger partial charge >= 0.3 is 12.0 Å². The number of aromatic nitrogens is 2. The van der Waals surface area contributed by atoms with Gasteiger partial charge in [-0.3, -0.25) is 4.79 Å². The van der Waals surface area contributed by atoms with Gasteiger partial charge in [0.1, 0.15) is 6.61 Å². The average Bonchev–Trinajstić information content (AvgIpc) is 2.53. The van der Waals surface area contributed by atoms with Crippen LogP contribution in [0.4, 0.5) is 5.69 Å². The number of methoxy groups -OCH3 is 1. The summed E-state index contributed by atoms with van der Waals surface area (Å²) in [6, 6.07) is 5.90. The van der Waals surface area contributed by atoms with Gasteiger partial charge in [0.05, 0.1) is 12.5 Å². The van der Waals surface area contributed by atoms with E-state index in [1.54, 1.807) is 26.2 Å². The first-order valence-electron chi connectivity index (χ1n) is 7.23.